The lowest BCUT2D eigenvalue weighted by molar-refractivity contribution is -0.123. The van der Waals surface area contributed by atoms with Gasteiger partial charge in [0.05, 0.1) is 16.9 Å². The molecule has 1 aromatic carbocycles. The molecule has 0 spiro atoms. The van der Waals surface area contributed by atoms with Gasteiger partial charge in [0.1, 0.15) is 17.7 Å². The predicted molar refractivity (Wildman–Crippen MR) is 112 cm³/mol. The fourth-order valence-corrected chi connectivity index (χ4v) is 3.91. The van der Waals surface area contributed by atoms with E-state index in [0.29, 0.717) is 17.1 Å². The van der Waals surface area contributed by atoms with Crippen LogP contribution < -0.4 is 10.2 Å². The number of pyridine rings is 1. The van der Waals surface area contributed by atoms with Crippen LogP contribution in [0.2, 0.25) is 5.15 Å². The molecule has 1 aliphatic rings. The Balaban J connectivity index is 1.69. The number of nitrogens with one attached hydrogen (secondary N) is 1. The fraction of sp³-hybridized carbons (Fsp3) is 0.238. The van der Waals surface area contributed by atoms with Gasteiger partial charge in [0.25, 0.3) is 12.3 Å². The number of alkyl halides is 2. The van der Waals surface area contributed by atoms with Gasteiger partial charge in [0.2, 0.25) is 11.9 Å². The molecule has 3 aromatic rings. The summed E-state index contributed by atoms with van der Waals surface area (Å²) < 4.78 is 40.6. The zero-order valence-electron chi connectivity index (χ0n) is 16.9. The highest BCUT2D eigenvalue weighted by Crippen LogP contribution is 2.41. The number of anilines is 2. The number of carbonyl (C=O) groups is 2. The minimum absolute atomic E-state index is 0.0380. The number of benzene rings is 1. The van der Waals surface area contributed by atoms with Gasteiger partial charge in [-0.1, -0.05) is 23.7 Å². The van der Waals surface area contributed by atoms with Crippen LogP contribution in [0.15, 0.2) is 36.4 Å². The summed E-state index contributed by atoms with van der Waals surface area (Å²) in [6.07, 6.45) is -2.62. The Morgan fingerprint density at radius 1 is 1.25 bits per heavy atom. The Morgan fingerprint density at radius 3 is 2.59 bits per heavy atom. The molecule has 0 radical (unpaired) electrons. The predicted octanol–water partition coefficient (Wildman–Crippen LogP) is 4.53. The molecule has 2 aromatic heterocycles. The van der Waals surface area contributed by atoms with Crippen LogP contribution in [0, 0.1) is 12.9 Å². The van der Waals surface area contributed by atoms with E-state index in [1.807, 2.05) is 0 Å². The van der Waals surface area contributed by atoms with Gasteiger partial charge in [-0.05, 0) is 32.0 Å². The smallest absolute Gasteiger partial charge is 0.263 e. The number of hydrogen-bond donors (Lipinski definition) is 1. The summed E-state index contributed by atoms with van der Waals surface area (Å²) in [6, 6.07) is 6.93. The molecule has 4 rings (SSSR count). The summed E-state index contributed by atoms with van der Waals surface area (Å²) in [5.74, 6) is -1.84. The summed E-state index contributed by atoms with van der Waals surface area (Å²) in [4.78, 5) is 31.4. The molecule has 0 saturated carbocycles. The Bertz CT molecular complexity index is 1210. The van der Waals surface area contributed by atoms with E-state index in [9.17, 15) is 22.8 Å². The summed E-state index contributed by atoms with van der Waals surface area (Å²) in [5.41, 5.74) is 1.46. The van der Waals surface area contributed by atoms with Crippen molar-refractivity contribution in [2.24, 2.45) is 0 Å². The molecule has 1 N–H and O–H groups in total. The van der Waals surface area contributed by atoms with Crippen molar-refractivity contribution in [2.75, 3.05) is 16.8 Å². The molecule has 0 aliphatic carbocycles. The summed E-state index contributed by atoms with van der Waals surface area (Å²) in [6.45, 7) is 2.82. The van der Waals surface area contributed by atoms with Gasteiger partial charge >= 0.3 is 0 Å². The molecule has 1 atom stereocenters. The first-order chi connectivity index (χ1) is 15.2. The Morgan fingerprint density at radius 2 is 1.94 bits per heavy atom. The average molecular weight is 464 g/mol. The molecule has 0 unspecified atom stereocenters. The van der Waals surface area contributed by atoms with E-state index in [0.717, 1.165) is 6.07 Å². The molecular weight excluding hydrogens is 447 g/mol. The lowest BCUT2D eigenvalue weighted by Gasteiger charge is -2.24. The van der Waals surface area contributed by atoms with Crippen LogP contribution in [0.5, 0.6) is 0 Å². The van der Waals surface area contributed by atoms with E-state index >= 15 is 0 Å². The number of rotatable bonds is 4. The number of amides is 2. The molecule has 2 amide bonds. The fourth-order valence-electron chi connectivity index (χ4n) is 3.58. The van der Waals surface area contributed by atoms with Crippen molar-refractivity contribution in [3.8, 4) is 11.3 Å². The third kappa shape index (κ3) is 3.93. The van der Waals surface area contributed by atoms with E-state index in [4.69, 9.17) is 11.6 Å². The van der Waals surface area contributed by atoms with Crippen LogP contribution in [0.25, 0.3) is 11.3 Å². The Labute approximate surface area is 185 Å². The number of hydrogen-bond acceptors (Lipinski definition) is 4. The van der Waals surface area contributed by atoms with E-state index in [1.165, 1.54) is 40.8 Å². The van der Waals surface area contributed by atoms with Crippen molar-refractivity contribution in [2.45, 2.75) is 26.3 Å². The largest absolute Gasteiger partial charge is 0.325 e. The molecule has 0 fully saturated rings. The maximum Gasteiger partial charge on any atom is 0.263 e. The zero-order chi connectivity index (χ0) is 23.2. The first-order valence-electron chi connectivity index (χ1n) is 9.57. The molecule has 166 valence electrons. The van der Waals surface area contributed by atoms with Crippen molar-refractivity contribution < 1.29 is 22.8 Å². The monoisotopic (exact) mass is 463 g/mol. The topological polar surface area (TPSA) is 80.1 Å². The second-order valence-electron chi connectivity index (χ2n) is 7.32. The van der Waals surface area contributed by atoms with Crippen LogP contribution in [0.4, 0.5) is 24.5 Å². The van der Waals surface area contributed by atoms with Crippen molar-refractivity contribution in [3.05, 3.63) is 58.8 Å². The van der Waals surface area contributed by atoms with E-state index in [2.05, 4.69) is 15.4 Å². The minimum atomic E-state index is -2.62. The number of aryl methyl sites for hydroxylation is 1. The standard InChI is InChI=1S/C21H17ClF3N5O2/c1-10-7-14-18(19(22)26-10)15-8-16(23)28-30(15)11(2)21(32)29(14)9-17(31)27-13-5-3-12(4-6-13)20(24)25/h3-8,11,20H,9H2,1-2H3,(H,27,31)/t11-/m0/s1. The highest BCUT2D eigenvalue weighted by molar-refractivity contribution is 6.33. The SMILES string of the molecule is Cc1cc2c(c(Cl)n1)-c1cc(F)nn1[C@@H](C)C(=O)N2CC(=O)Nc1ccc(C(F)F)cc1. The highest BCUT2D eigenvalue weighted by atomic mass is 35.5. The molecular formula is C21H17ClF3N5O2. The second-order valence-corrected chi connectivity index (χ2v) is 7.67. The van der Waals surface area contributed by atoms with Crippen molar-refractivity contribution in [1.29, 1.82) is 0 Å². The van der Waals surface area contributed by atoms with Gasteiger partial charge in [0, 0.05) is 23.0 Å². The summed E-state index contributed by atoms with van der Waals surface area (Å²) >= 11 is 6.35. The van der Waals surface area contributed by atoms with Gasteiger partial charge in [0.15, 0.2) is 0 Å². The first kappa shape index (κ1) is 21.8. The maximum absolute atomic E-state index is 13.9. The van der Waals surface area contributed by atoms with Gasteiger partial charge in [-0.2, -0.15) is 4.39 Å². The third-order valence-corrected chi connectivity index (χ3v) is 5.35. The third-order valence-electron chi connectivity index (χ3n) is 5.07. The molecule has 1 aliphatic heterocycles. The quantitative estimate of drug-likeness (QED) is 0.576. The van der Waals surface area contributed by atoms with Crippen LogP contribution in [-0.2, 0) is 9.59 Å². The number of carbonyl (C=O) groups excluding carboxylic acids is 2. The van der Waals surface area contributed by atoms with Crippen LogP contribution in [-0.4, -0.2) is 33.1 Å². The van der Waals surface area contributed by atoms with Crippen LogP contribution in [0.1, 0.15) is 30.6 Å². The Kier molecular flexibility index (Phi) is 5.64. The summed E-state index contributed by atoms with van der Waals surface area (Å²) in [7, 11) is 0. The molecule has 7 nitrogen and oxygen atoms in total. The molecule has 11 heteroatoms. The molecule has 0 bridgehead atoms. The maximum atomic E-state index is 13.9. The van der Waals surface area contributed by atoms with Gasteiger partial charge < -0.3 is 10.2 Å². The normalized spacial score (nSPS) is 15.4. The average Bonchev–Trinajstić information content (AvgIpc) is 3.08. The minimum Gasteiger partial charge on any atom is -0.325 e. The van der Waals surface area contributed by atoms with Crippen molar-refractivity contribution in [3.63, 3.8) is 0 Å². The molecule has 32 heavy (non-hydrogen) atoms. The van der Waals surface area contributed by atoms with E-state index in [-0.39, 0.29) is 28.5 Å². The van der Waals surface area contributed by atoms with E-state index < -0.39 is 30.2 Å². The first-order valence-corrected chi connectivity index (χ1v) is 9.95. The number of halogens is 4. The van der Waals surface area contributed by atoms with Gasteiger partial charge in [-0.15, -0.1) is 5.10 Å². The summed E-state index contributed by atoms with van der Waals surface area (Å²) in [5, 5.41) is 6.39. The molecule has 3 heterocycles. The van der Waals surface area contributed by atoms with Crippen molar-refractivity contribution >= 4 is 34.8 Å². The van der Waals surface area contributed by atoms with Gasteiger partial charge in [-0.25, -0.2) is 18.4 Å². The number of fused-ring (bicyclic) bond motifs is 3. The Hall–Kier alpha value is -3.40. The zero-order valence-corrected chi connectivity index (χ0v) is 17.7. The van der Waals surface area contributed by atoms with E-state index in [1.54, 1.807) is 13.0 Å². The van der Waals surface area contributed by atoms with Crippen LogP contribution >= 0.6 is 11.6 Å². The van der Waals surface area contributed by atoms with Crippen molar-refractivity contribution in [1.82, 2.24) is 14.8 Å². The second kappa shape index (κ2) is 8.27. The highest BCUT2D eigenvalue weighted by Gasteiger charge is 2.35. The van der Waals surface area contributed by atoms with Crippen LogP contribution in [0.3, 0.4) is 0 Å². The number of nitrogens with zero attached hydrogens (tertiary/aromatic N) is 4. The lowest BCUT2D eigenvalue weighted by atomic mass is 10.1. The molecule has 0 saturated heterocycles. The van der Waals surface area contributed by atoms with Gasteiger partial charge in [-0.3, -0.25) is 9.59 Å². The number of aromatic nitrogens is 3. The lowest BCUT2D eigenvalue weighted by Crippen LogP contribution is -2.41.